The highest BCUT2D eigenvalue weighted by Gasteiger charge is 2.21. The number of halogens is 1. The quantitative estimate of drug-likeness (QED) is 0.610. The normalized spacial score (nSPS) is 24.1. The third-order valence-corrected chi connectivity index (χ3v) is 5.96. The Morgan fingerprint density at radius 2 is 1.61 bits per heavy atom. The van der Waals surface area contributed by atoms with E-state index in [9.17, 15) is 0 Å². The summed E-state index contributed by atoms with van der Waals surface area (Å²) in [5.41, 5.74) is 1.35. The van der Waals surface area contributed by atoms with Crippen LogP contribution in [0.2, 0.25) is 0 Å². The molecule has 0 nitrogen and oxygen atoms in total. The molecule has 94 valence electrons. The van der Waals surface area contributed by atoms with Crippen LogP contribution in [-0.4, -0.2) is 4.83 Å². The van der Waals surface area contributed by atoms with Gasteiger partial charge in [0, 0.05) is 14.6 Å². The molecule has 1 aliphatic carbocycles. The van der Waals surface area contributed by atoms with Crippen LogP contribution in [0.1, 0.15) is 36.5 Å². The average molecular weight is 321 g/mol. The fourth-order valence-corrected chi connectivity index (χ4v) is 4.38. The van der Waals surface area contributed by atoms with E-state index >= 15 is 0 Å². The van der Waals surface area contributed by atoms with E-state index in [1.165, 1.54) is 36.1 Å². The molecule has 0 spiro atoms. The van der Waals surface area contributed by atoms with Gasteiger partial charge in [0.25, 0.3) is 0 Å². The number of alkyl halides is 1. The van der Waals surface area contributed by atoms with E-state index in [0.717, 1.165) is 10.7 Å². The van der Waals surface area contributed by atoms with E-state index in [1.807, 2.05) is 11.3 Å². The molecule has 1 heterocycles. The van der Waals surface area contributed by atoms with Gasteiger partial charge in [0.2, 0.25) is 0 Å². The van der Waals surface area contributed by atoms with Crippen LogP contribution < -0.4 is 0 Å². The first kappa shape index (κ1) is 12.4. The average Bonchev–Trinajstić information content (AvgIpc) is 2.90. The number of benzene rings is 1. The van der Waals surface area contributed by atoms with Crippen molar-refractivity contribution in [3.63, 3.8) is 0 Å². The highest BCUT2D eigenvalue weighted by molar-refractivity contribution is 9.09. The van der Waals surface area contributed by atoms with Gasteiger partial charge in [-0.15, -0.1) is 11.3 Å². The van der Waals surface area contributed by atoms with Gasteiger partial charge in [-0.25, -0.2) is 0 Å². The lowest BCUT2D eigenvalue weighted by atomic mass is 9.88. The Kier molecular flexibility index (Phi) is 3.86. The predicted octanol–water partition coefficient (Wildman–Crippen LogP) is 5.84. The van der Waals surface area contributed by atoms with Gasteiger partial charge in [0.15, 0.2) is 0 Å². The van der Waals surface area contributed by atoms with Gasteiger partial charge in [-0.3, -0.25) is 0 Å². The zero-order valence-corrected chi connectivity index (χ0v) is 12.7. The zero-order chi connectivity index (χ0) is 12.4. The van der Waals surface area contributed by atoms with Gasteiger partial charge in [0.05, 0.1) is 0 Å². The predicted molar refractivity (Wildman–Crippen MR) is 83.7 cm³/mol. The number of hydrogen-bond acceptors (Lipinski definition) is 1. The van der Waals surface area contributed by atoms with Crippen LogP contribution >= 0.6 is 27.3 Å². The van der Waals surface area contributed by atoms with Gasteiger partial charge < -0.3 is 0 Å². The minimum absolute atomic E-state index is 0.752. The number of hydrogen-bond donors (Lipinski definition) is 0. The second-order valence-corrected chi connectivity index (χ2v) is 7.43. The molecule has 0 atom stereocenters. The van der Waals surface area contributed by atoms with E-state index in [-0.39, 0.29) is 0 Å². The van der Waals surface area contributed by atoms with Crippen molar-refractivity contribution in [1.29, 1.82) is 0 Å². The zero-order valence-electron chi connectivity index (χ0n) is 10.3. The topological polar surface area (TPSA) is 0 Å². The molecule has 2 aromatic rings. The lowest BCUT2D eigenvalue weighted by molar-refractivity contribution is 0.462. The third kappa shape index (κ3) is 2.70. The molecule has 3 rings (SSSR count). The summed E-state index contributed by atoms with van der Waals surface area (Å²) in [6.07, 6.45) is 5.32. The van der Waals surface area contributed by atoms with Gasteiger partial charge in [-0.1, -0.05) is 46.3 Å². The molecular formula is C16H17BrS. The Labute approximate surface area is 121 Å². The van der Waals surface area contributed by atoms with Gasteiger partial charge in [-0.05, 0) is 49.3 Å². The largest absolute Gasteiger partial charge is 0.140 e. The van der Waals surface area contributed by atoms with Crippen molar-refractivity contribution in [3.8, 4) is 10.4 Å². The molecule has 2 heteroatoms. The summed E-state index contributed by atoms with van der Waals surface area (Å²) in [6.45, 7) is 0. The first-order valence-electron chi connectivity index (χ1n) is 6.62. The van der Waals surface area contributed by atoms with Crippen molar-refractivity contribution in [2.24, 2.45) is 0 Å². The fourth-order valence-electron chi connectivity index (χ4n) is 2.67. The fraction of sp³-hybridized carbons (Fsp3) is 0.375. The highest BCUT2D eigenvalue weighted by atomic mass is 79.9. The molecule has 0 N–H and O–H groups in total. The maximum atomic E-state index is 3.73. The third-order valence-electron chi connectivity index (χ3n) is 3.74. The van der Waals surface area contributed by atoms with Crippen molar-refractivity contribution in [2.45, 2.75) is 36.4 Å². The monoisotopic (exact) mass is 320 g/mol. The van der Waals surface area contributed by atoms with E-state index < -0.39 is 0 Å². The lowest BCUT2D eigenvalue weighted by Crippen LogP contribution is -2.11. The minimum Gasteiger partial charge on any atom is -0.140 e. The van der Waals surface area contributed by atoms with Crippen LogP contribution in [0.3, 0.4) is 0 Å². The second kappa shape index (κ2) is 5.58. The Balaban J connectivity index is 1.78. The van der Waals surface area contributed by atoms with Crippen molar-refractivity contribution in [2.75, 3.05) is 0 Å². The maximum Gasteiger partial charge on any atom is 0.0345 e. The van der Waals surface area contributed by atoms with E-state index in [1.54, 1.807) is 4.88 Å². The van der Waals surface area contributed by atoms with Crippen LogP contribution in [0.4, 0.5) is 0 Å². The van der Waals surface area contributed by atoms with Crippen LogP contribution in [-0.2, 0) is 0 Å². The molecule has 0 radical (unpaired) electrons. The van der Waals surface area contributed by atoms with Crippen LogP contribution in [0.5, 0.6) is 0 Å². The van der Waals surface area contributed by atoms with E-state index in [2.05, 4.69) is 58.4 Å². The molecule has 1 fully saturated rings. The Morgan fingerprint density at radius 1 is 0.889 bits per heavy atom. The van der Waals surface area contributed by atoms with Crippen molar-refractivity contribution < 1.29 is 0 Å². The van der Waals surface area contributed by atoms with Crippen LogP contribution in [0.15, 0.2) is 42.5 Å². The highest BCUT2D eigenvalue weighted by Crippen LogP contribution is 2.40. The van der Waals surface area contributed by atoms with Gasteiger partial charge >= 0.3 is 0 Å². The molecule has 1 aromatic carbocycles. The summed E-state index contributed by atoms with van der Waals surface area (Å²) in [6, 6.07) is 15.3. The molecule has 1 saturated carbocycles. The lowest BCUT2D eigenvalue weighted by Gasteiger charge is -2.24. The van der Waals surface area contributed by atoms with E-state index in [0.29, 0.717) is 0 Å². The molecule has 0 saturated heterocycles. The number of rotatable bonds is 2. The molecule has 0 bridgehead atoms. The molecule has 0 unspecified atom stereocenters. The van der Waals surface area contributed by atoms with Crippen molar-refractivity contribution >= 4 is 27.3 Å². The summed E-state index contributed by atoms with van der Waals surface area (Å²) in [5.74, 6) is 0.793. The summed E-state index contributed by atoms with van der Waals surface area (Å²) in [4.78, 5) is 3.74. The van der Waals surface area contributed by atoms with Crippen LogP contribution in [0, 0.1) is 0 Å². The van der Waals surface area contributed by atoms with Gasteiger partial charge in [-0.2, -0.15) is 0 Å². The molecule has 1 aliphatic rings. The van der Waals surface area contributed by atoms with Crippen molar-refractivity contribution in [3.05, 3.63) is 47.3 Å². The summed E-state index contributed by atoms with van der Waals surface area (Å²) >= 11 is 5.71. The molecule has 0 amide bonds. The Hall–Kier alpha value is -0.600. The SMILES string of the molecule is BrC1CCC(c2ccc(-c3ccccc3)s2)CC1. The Bertz CT molecular complexity index is 495. The summed E-state index contributed by atoms with van der Waals surface area (Å²) in [5, 5.41) is 0. The Morgan fingerprint density at radius 3 is 2.33 bits per heavy atom. The first-order chi connectivity index (χ1) is 8.83. The number of thiophene rings is 1. The molecule has 0 aliphatic heterocycles. The molecule has 18 heavy (non-hydrogen) atoms. The maximum absolute atomic E-state index is 3.73. The van der Waals surface area contributed by atoms with Crippen molar-refractivity contribution in [1.82, 2.24) is 0 Å². The van der Waals surface area contributed by atoms with E-state index in [4.69, 9.17) is 0 Å². The smallest absolute Gasteiger partial charge is 0.0345 e. The minimum atomic E-state index is 0.752. The van der Waals surface area contributed by atoms with Crippen LogP contribution in [0.25, 0.3) is 10.4 Å². The molecular weight excluding hydrogens is 304 g/mol. The summed E-state index contributed by atoms with van der Waals surface area (Å²) < 4.78 is 0. The van der Waals surface area contributed by atoms with Gasteiger partial charge in [0.1, 0.15) is 0 Å². The summed E-state index contributed by atoms with van der Waals surface area (Å²) in [7, 11) is 0. The molecule has 1 aromatic heterocycles. The second-order valence-electron chi connectivity index (χ2n) is 5.02. The standard InChI is InChI=1S/C16H17BrS/c17-14-8-6-13(7-9-14)16-11-10-15(18-16)12-4-2-1-3-5-12/h1-5,10-11,13-14H,6-9H2. The first-order valence-corrected chi connectivity index (χ1v) is 8.35.